The Morgan fingerprint density at radius 2 is 1.70 bits per heavy atom. The van der Waals surface area contributed by atoms with E-state index in [9.17, 15) is 4.79 Å². The van der Waals surface area contributed by atoms with Crippen molar-refractivity contribution in [3.8, 4) is 0 Å². The largest absolute Gasteiger partial charge is 0.467 e. The maximum Gasteiger partial charge on any atom is 0.330 e. The lowest BCUT2D eigenvalue weighted by Crippen LogP contribution is -2.23. The van der Waals surface area contributed by atoms with Crippen molar-refractivity contribution < 1.29 is 9.53 Å². The number of hydrogen-bond acceptors (Lipinski definition) is 3. The van der Waals surface area contributed by atoms with Crippen molar-refractivity contribution in [1.82, 2.24) is 0 Å². The summed E-state index contributed by atoms with van der Waals surface area (Å²) in [6.45, 7) is 0. The van der Waals surface area contributed by atoms with Gasteiger partial charge in [-0.2, -0.15) is 0 Å². The van der Waals surface area contributed by atoms with Gasteiger partial charge in [-0.15, -0.1) is 0 Å². The zero-order valence-corrected chi connectivity index (χ0v) is 11.4. The number of rotatable bonds is 5. The Kier molecular flexibility index (Phi) is 5.07. The van der Waals surface area contributed by atoms with Gasteiger partial charge in [0, 0.05) is 12.6 Å². The van der Waals surface area contributed by atoms with Crippen LogP contribution in [0.4, 0.5) is 0 Å². The number of esters is 1. The Morgan fingerprint density at radius 1 is 1.10 bits per heavy atom. The molecule has 2 rings (SSSR count). The normalized spacial score (nSPS) is 12.2. The van der Waals surface area contributed by atoms with Gasteiger partial charge in [0.1, 0.15) is 0 Å². The van der Waals surface area contributed by atoms with Crippen molar-refractivity contribution in [2.45, 2.75) is 12.5 Å². The molecule has 0 N–H and O–H groups in total. The zero-order chi connectivity index (χ0) is 14.2. The van der Waals surface area contributed by atoms with E-state index >= 15 is 0 Å². The minimum Gasteiger partial charge on any atom is -0.467 e. The Hall–Kier alpha value is -2.42. The van der Waals surface area contributed by atoms with Crippen molar-refractivity contribution in [2.24, 2.45) is 4.99 Å². The lowest BCUT2D eigenvalue weighted by atomic mass is 10.1. The maximum absolute atomic E-state index is 11.8. The molecule has 0 heterocycles. The molecule has 0 amide bonds. The molecule has 0 aromatic heterocycles. The molecular formula is C17H17NO2. The number of methoxy groups -OCH3 is 1. The third kappa shape index (κ3) is 4.05. The molecule has 0 spiro atoms. The lowest BCUT2D eigenvalue weighted by Gasteiger charge is -2.10. The van der Waals surface area contributed by atoms with Gasteiger partial charge in [0.15, 0.2) is 6.04 Å². The summed E-state index contributed by atoms with van der Waals surface area (Å²) in [5, 5.41) is 0. The van der Waals surface area contributed by atoms with Gasteiger partial charge in [0.2, 0.25) is 0 Å². The molecule has 0 saturated heterocycles. The molecule has 2 aromatic carbocycles. The Balaban J connectivity index is 2.12. The predicted molar refractivity (Wildman–Crippen MR) is 80.0 cm³/mol. The molecule has 0 aliphatic rings. The number of carbonyl (C=O) groups excluding carboxylic acids is 1. The first-order valence-corrected chi connectivity index (χ1v) is 6.49. The summed E-state index contributed by atoms with van der Waals surface area (Å²) in [6.07, 6.45) is 2.25. The van der Waals surface area contributed by atoms with Gasteiger partial charge in [-0.05, 0) is 11.1 Å². The van der Waals surface area contributed by atoms with Crippen molar-refractivity contribution in [2.75, 3.05) is 7.11 Å². The van der Waals surface area contributed by atoms with Crippen LogP contribution in [0.15, 0.2) is 65.7 Å². The van der Waals surface area contributed by atoms with Crippen molar-refractivity contribution in [3.63, 3.8) is 0 Å². The summed E-state index contributed by atoms with van der Waals surface area (Å²) in [5.74, 6) is -0.318. The molecule has 20 heavy (non-hydrogen) atoms. The molecule has 0 radical (unpaired) electrons. The Labute approximate surface area is 118 Å². The first-order valence-electron chi connectivity index (χ1n) is 6.49. The lowest BCUT2D eigenvalue weighted by molar-refractivity contribution is -0.142. The van der Waals surface area contributed by atoms with Crippen LogP contribution in [0.25, 0.3) is 0 Å². The van der Waals surface area contributed by atoms with Crippen LogP contribution >= 0.6 is 0 Å². The van der Waals surface area contributed by atoms with E-state index in [0.717, 1.165) is 11.1 Å². The van der Waals surface area contributed by atoms with E-state index in [1.165, 1.54) is 7.11 Å². The molecule has 0 bridgehead atoms. The SMILES string of the molecule is COC(=O)C(Cc1ccccc1)[15N]=Cc1ccccc1. The fraction of sp³-hybridized carbons (Fsp3) is 0.176. The summed E-state index contributed by atoms with van der Waals surface area (Å²) in [4.78, 5) is 16.2. The van der Waals surface area contributed by atoms with E-state index in [4.69, 9.17) is 4.74 Å². The third-order valence-electron chi connectivity index (χ3n) is 2.95. The summed E-state index contributed by atoms with van der Waals surface area (Å²) in [5.41, 5.74) is 2.03. The number of carbonyl (C=O) groups is 1. The molecular weight excluding hydrogens is 251 g/mol. The minimum atomic E-state index is -0.511. The highest BCUT2D eigenvalue weighted by molar-refractivity contribution is 5.84. The maximum atomic E-state index is 11.8. The van der Waals surface area contributed by atoms with E-state index in [2.05, 4.69) is 4.99 Å². The number of nitrogens with zero attached hydrogens (tertiary/aromatic N) is 1. The fourth-order valence-corrected chi connectivity index (χ4v) is 1.89. The smallest absolute Gasteiger partial charge is 0.330 e. The highest BCUT2D eigenvalue weighted by atomic mass is 16.5. The van der Waals surface area contributed by atoms with Gasteiger partial charge in [-0.25, -0.2) is 4.79 Å². The van der Waals surface area contributed by atoms with Crippen LogP contribution in [-0.2, 0) is 16.0 Å². The van der Waals surface area contributed by atoms with E-state index in [1.54, 1.807) is 6.21 Å². The Morgan fingerprint density at radius 3 is 2.30 bits per heavy atom. The van der Waals surface area contributed by atoms with E-state index in [1.807, 2.05) is 60.7 Å². The van der Waals surface area contributed by atoms with Crippen LogP contribution < -0.4 is 0 Å². The second kappa shape index (κ2) is 7.24. The van der Waals surface area contributed by atoms with Crippen LogP contribution in [0.5, 0.6) is 0 Å². The first-order chi connectivity index (χ1) is 9.79. The molecule has 3 heteroatoms. The molecule has 0 fully saturated rings. The van der Waals surface area contributed by atoms with Crippen LogP contribution in [0.3, 0.4) is 0 Å². The molecule has 1 unspecified atom stereocenters. The van der Waals surface area contributed by atoms with Crippen molar-refractivity contribution in [3.05, 3.63) is 71.8 Å². The first kappa shape index (κ1) is 14.0. The number of hydrogen-bond donors (Lipinski definition) is 0. The zero-order valence-electron chi connectivity index (χ0n) is 11.4. The average Bonchev–Trinajstić information content (AvgIpc) is 2.52. The van der Waals surface area contributed by atoms with E-state index in [0.29, 0.717) is 6.42 Å². The highest BCUT2D eigenvalue weighted by Crippen LogP contribution is 2.08. The summed E-state index contributed by atoms with van der Waals surface area (Å²) in [7, 11) is 1.39. The molecule has 3 nitrogen and oxygen atoms in total. The molecule has 0 aliphatic carbocycles. The second-order valence-corrected chi connectivity index (χ2v) is 4.42. The minimum absolute atomic E-state index is 0.318. The van der Waals surface area contributed by atoms with Gasteiger partial charge in [-0.3, -0.25) is 4.99 Å². The topological polar surface area (TPSA) is 38.7 Å². The van der Waals surface area contributed by atoms with E-state index < -0.39 is 6.04 Å². The van der Waals surface area contributed by atoms with Crippen LogP contribution in [0.1, 0.15) is 11.1 Å². The van der Waals surface area contributed by atoms with Gasteiger partial charge in [-0.1, -0.05) is 60.7 Å². The van der Waals surface area contributed by atoms with Crippen molar-refractivity contribution in [1.29, 1.82) is 0 Å². The summed E-state index contributed by atoms with van der Waals surface area (Å²) < 4.78 is 4.82. The average molecular weight is 268 g/mol. The summed E-state index contributed by atoms with van der Waals surface area (Å²) >= 11 is 0. The third-order valence-corrected chi connectivity index (χ3v) is 2.95. The molecule has 2 aromatic rings. The van der Waals surface area contributed by atoms with Gasteiger partial charge in [0.25, 0.3) is 0 Å². The number of benzene rings is 2. The van der Waals surface area contributed by atoms with Gasteiger partial charge in [0.05, 0.1) is 7.11 Å². The predicted octanol–water partition coefficient (Wildman–Crippen LogP) is 2.89. The quantitative estimate of drug-likeness (QED) is 0.475. The second-order valence-electron chi connectivity index (χ2n) is 4.42. The van der Waals surface area contributed by atoms with Crippen LogP contribution in [0.2, 0.25) is 0 Å². The van der Waals surface area contributed by atoms with Gasteiger partial charge >= 0.3 is 5.97 Å². The summed E-state index contributed by atoms with van der Waals surface area (Å²) in [6, 6.07) is 19.0. The molecule has 0 aliphatic heterocycles. The number of ether oxygens (including phenoxy) is 1. The molecule has 102 valence electrons. The van der Waals surface area contributed by atoms with Crippen molar-refractivity contribution >= 4 is 12.2 Å². The van der Waals surface area contributed by atoms with Crippen LogP contribution in [-0.4, -0.2) is 25.3 Å². The highest BCUT2D eigenvalue weighted by Gasteiger charge is 2.17. The standard InChI is InChI=1S/C17H17NO2/c1-20-17(19)16(12-14-8-4-2-5-9-14)18-13-15-10-6-3-7-11-15/h2-11,13,16H,12H2,1H3/i18+1. The van der Waals surface area contributed by atoms with E-state index in [-0.39, 0.29) is 5.97 Å². The Bertz CT molecular complexity index is 564. The number of aliphatic imine (C=N–C) groups is 1. The molecule has 0 saturated carbocycles. The fourth-order valence-electron chi connectivity index (χ4n) is 1.89. The monoisotopic (exact) mass is 268 g/mol. The molecule has 1 atom stereocenters. The van der Waals surface area contributed by atoms with Gasteiger partial charge < -0.3 is 4.74 Å². The van der Waals surface area contributed by atoms with Crippen LogP contribution in [0, 0.1) is 0 Å².